The smallest absolute Gasteiger partial charge is 0.227 e. The highest BCUT2D eigenvalue weighted by molar-refractivity contribution is 5.81. The first-order chi connectivity index (χ1) is 7.99. The molecule has 0 heterocycles. The summed E-state index contributed by atoms with van der Waals surface area (Å²) in [4.78, 5) is 11.8. The van der Waals surface area contributed by atoms with Gasteiger partial charge in [-0.05, 0) is 25.0 Å². The second-order valence-corrected chi connectivity index (χ2v) is 4.75. The fraction of sp³-hybridized carbons (Fsp3) is 0.462. The van der Waals surface area contributed by atoms with Gasteiger partial charge in [-0.1, -0.05) is 24.3 Å². The van der Waals surface area contributed by atoms with E-state index in [0.29, 0.717) is 13.1 Å². The number of hydrogen-bond donors (Lipinski definition) is 3. The first-order valence-corrected chi connectivity index (χ1v) is 5.66. The molecule has 4 heteroatoms. The molecule has 1 amide bonds. The van der Waals surface area contributed by atoms with Gasteiger partial charge in [-0.25, -0.2) is 0 Å². The van der Waals surface area contributed by atoms with Crippen LogP contribution in [-0.4, -0.2) is 17.6 Å². The van der Waals surface area contributed by atoms with Gasteiger partial charge in [0.15, 0.2) is 0 Å². The maximum atomic E-state index is 11.8. The average Bonchev–Trinajstić information content (AvgIpc) is 2.36. The summed E-state index contributed by atoms with van der Waals surface area (Å²) >= 11 is 0. The highest BCUT2D eigenvalue weighted by Gasteiger charge is 2.25. The van der Waals surface area contributed by atoms with Crippen molar-refractivity contribution in [2.75, 3.05) is 6.54 Å². The fourth-order valence-corrected chi connectivity index (χ4v) is 1.28. The molecule has 0 saturated carbocycles. The van der Waals surface area contributed by atoms with Crippen LogP contribution in [0.15, 0.2) is 24.3 Å². The Morgan fingerprint density at radius 3 is 2.29 bits per heavy atom. The summed E-state index contributed by atoms with van der Waals surface area (Å²) in [6, 6.07) is 7.47. The van der Waals surface area contributed by atoms with E-state index in [1.807, 2.05) is 38.1 Å². The number of carbonyl (C=O) groups excluding carboxylic acids is 1. The van der Waals surface area contributed by atoms with Gasteiger partial charge in [-0.2, -0.15) is 0 Å². The molecule has 1 aromatic carbocycles. The number of carbonyl (C=O) groups is 1. The second-order valence-electron chi connectivity index (χ2n) is 4.75. The van der Waals surface area contributed by atoms with Crippen LogP contribution in [0, 0.1) is 5.41 Å². The molecule has 0 saturated heterocycles. The molecule has 1 aromatic rings. The molecule has 0 fully saturated rings. The summed E-state index contributed by atoms with van der Waals surface area (Å²) < 4.78 is 0. The van der Waals surface area contributed by atoms with Crippen LogP contribution in [0.2, 0.25) is 0 Å². The van der Waals surface area contributed by atoms with E-state index in [-0.39, 0.29) is 12.5 Å². The molecular weight excluding hydrogens is 216 g/mol. The normalized spacial score (nSPS) is 11.3. The van der Waals surface area contributed by atoms with Crippen molar-refractivity contribution in [1.29, 1.82) is 0 Å². The Bertz CT molecular complexity index is 372. The minimum Gasteiger partial charge on any atom is -0.392 e. The van der Waals surface area contributed by atoms with Crippen molar-refractivity contribution in [1.82, 2.24) is 5.32 Å². The third kappa shape index (κ3) is 3.84. The van der Waals surface area contributed by atoms with Crippen LogP contribution in [-0.2, 0) is 17.9 Å². The third-order valence-electron chi connectivity index (χ3n) is 2.78. The van der Waals surface area contributed by atoms with E-state index in [4.69, 9.17) is 10.8 Å². The number of rotatable bonds is 5. The van der Waals surface area contributed by atoms with Gasteiger partial charge in [-0.3, -0.25) is 4.79 Å². The van der Waals surface area contributed by atoms with Crippen molar-refractivity contribution in [3.63, 3.8) is 0 Å². The monoisotopic (exact) mass is 236 g/mol. The van der Waals surface area contributed by atoms with Gasteiger partial charge >= 0.3 is 0 Å². The molecule has 0 atom stereocenters. The minimum absolute atomic E-state index is 0.0346. The fourth-order valence-electron chi connectivity index (χ4n) is 1.28. The zero-order valence-electron chi connectivity index (χ0n) is 10.4. The van der Waals surface area contributed by atoms with Crippen LogP contribution in [0.1, 0.15) is 25.0 Å². The number of amides is 1. The standard InChI is InChI=1S/C13H20N2O2/c1-13(2,9-14)12(17)15-7-10-3-5-11(8-16)6-4-10/h3-6,16H,7-9,14H2,1-2H3,(H,15,17). The second kappa shape index (κ2) is 5.80. The average molecular weight is 236 g/mol. The van der Waals surface area contributed by atoms with Crippen molar-refractivity contribution in [3.8, 4) is 0 Å². The largest absolute Gasteiger partial charge is 0.392 e. The summed E-state index contributed by atoms with van der Waals surface area (Å²) in [7, 11) is 0. The van der Waals surface area contributed by atoms with Gasteiger partial charge < -0.3 is 16.2 Å². The van der Waals surface area contributed by atoms with Crippen LogP contribution in [0.5, 0.6) is 0 Å². The van der Waals surface area contributed by atoms with Gasteiger partial charge in [0.2, 0.25) is 5.91 Å². The van der Waals surface area contributed by atoms with E-state index in [9.17, 15) is 4.79 Å². The maximum absolute atomic E-state index is 11.8. The Morgan fingerprint density at radius 2 is 1.82 bits per heavy atom. The molecule has 0 aliphatic rings. The zero-order valence-corrected chi connectivity index (χ0v) is 10.4. The molecule has 0 unspecified atom stereocenters. The van der Waals surface area contributed by atoms with Crippen molar-refractivity contribution >= 4 is 5.91 Å². The number of nitrogens with two attached hydrogens (primary N) is 1. The molecule has 1 rings (SSSR count). The van der Waals surface area contributed by atoms with Crippen molar-refractivity contribution in [3.05, 3.63) is 35.4 Å². The lowest BCUT2D eigenvalue weighted by atomic mass is 9.92. The number of aliphatic hydroxyl groups is 1. The molecule has 0 aliphatic carbocycles. The van der Waals surface area contributed by atoms with Crippen LogP contribution in [0.3, 0.4) is 0 Å². The SMILES string of the molecule is CC(C)(CN)C(=O)NCc1ccc(CO)cc1. The number of aliphatic hydroxyl groups excluding tert-OH is 1. The lowest BCUT2D eigenvalue weighted by molar-refractivity contribution is -0.129. The number of benzene rings is 1. The molecule has 17 heavy (non-hydrogen) atoms. The maximum Gasteiger partial charge on any atom is 0.227 e. The topological polar surface area (TPSA) is 75.4 Å². The number of hydrogen-bond acceptors (Lipinski definition) is 3. The lowest BCUT2D eigenvalue weighted by Gasteiger charge is -2.21. The van der Waals surface area contributed by atoms with Gasteiger partial charge in [-0.15, -0.1) is 0 Å². The van der Waals surface area contributed by atoms with E-state index in [0.717, 1.165) is 11.1 Å². The van der Waals surface area contributed by atoms with Gasteiger partial charge in [0, 0.05) is 13.1 Å². The van der Waals surface area contributed by atoms with Gasteiger partial charge in [0.25, 0.3) is 0 Å². The molecule has 0 spiro atoms. The molecule has 0 bridgehead atoms. The Kier molecular flexibility index (Phi) is 4.66. The summed E-state index contributed by atoms with van der Waals surface area (Å²) in [5.41, 5.74) is 6.86. The van der Waals surface area contributed by atoms with Crippen LogP contribution < -0.4 is 11.1 Å². The first kappa shape index (κ1) is 13.7. The molecular formula is C13H20N2O2. The molecule has 4 nitrogen and oxygen atoms in total. The lowest BCUT2D eigenvalue weighted by Crippen LogP contribution is -2.41. The minimum atomic E-state index is -0.537. The van der Waals surface area contributed by atoms with E-state index in [1.54, 1.807) is 0 Å². The Balaban J connectivity index is 2.53. The van der Waals surface area contributed by atoms with E-state index < -0.39 is 5.41 Å². The molecule has 0 aliphatic heterocycles. The summed E-state index contributed by atoms with van der Waals surface area (Å²) in [5, 5.41) is 11.7. The summed E-state index contributed by atoms with van der Waals surface area (Å²) in [5.74, 6) is -0.0498. The van der Waals surface area contributed by atoms with Crippen LogP contribution in [0.25, 0.3) is 0 Å². The van der Waals surface area contributed by atoms with Gasteiger partial charge in [0.1, 0.15) is 0 Å². The highest BCUT2D eigenvalue weighted by Crippen LogP contribution is 2.12. The van der Waals surface area contributed by atoms with Crippen molar-refractivity contribution in [2.45, 2.75) is 27.0 Å². The summed E-state index contributed by atoms with van der Waals surface area (Å²) in [6.45, 7) is 4.47. The number of nitrogens with one attached hydrogen (secondary N) is 1. The van der Waals surface area contributed by atoms with Crippen LogP contribution in [0.4, 0.5) is 0 Å². The van der Waals surface area contributed by atoms with Crippen LogP contribution >= 0.6 is 0 Å². The molecule has 94 valence electrons. The quantitative estimate of drug-likeness (QED) is 0.707. The van der Waals surface area contributed by atoms with E-state index >= 15 is 0 Å². The third-order valence-corrected chi connectivity index (χ3v) is 2.78. The van der Waals surface area contributed by atoms with E-state index in [2.05, 4.69) is 5.32 Å². The van der Waals surface area contributed by atoms with Crippen molar-refractivity contribution < 1.29 is 9.90 Å². The molecule has 0 aromatic heterocycles. The predicted molar refractivity (Wildman–Crippen MR) is 67.0 cm³/mol. The Labute approximate surface area is 102 Å². The van der Waals surface area contributed by atoms with Crippen molar-refractivity contribution in [2.24, 2.45) is 11.1 Å². The molecule has 4 N–H and O–H groups in total. The highest BCUT2D eigenvalue weighted by atomic mass is 16.3. The predicted octanol–water partition coefficient (Wildman–Crippen LogP) is 0.780. The molecule has 0 radical (unpaired) electrons. The zero-order chi connectivity index (χ0) is 12.9. The van der Waals surface area contributed by atoms with Gasteiger partial charge in [0.05, 0.1) is 12.0 Å². The first-order valence-electron chi connectivity index (χ1n) is 5.66. The Hall–Kier alpha value is -1.39. The Morgan fingerprint density at radius 1 is 1.29 bits per heavy atom. The summed E-state index contributed by atoms with van der Waals surface area (Å²) in [6.07, 6.45) is 0. The van der Waals surface area contributed by atoms with E-state index in [1.165, 1.54) is 0 Å².